The first kappa shape index (κ1) is 13.3. The highest BCUT2D eigenvalue weighted by molar-refractivity contribution is 9.10. The van der Waals surface area contributed by atoms with Crippen LogP contribution in [0, 0.1) is 11.7 Å². The summed E-state index contributed by atoms with van der Waals surface area (Å²) in [5.74, 6) is -0.0368. The number of rotatable bonds is 5. The molecule has 0 atom stereocenters. The summed E-state index contributed by atoms with van der Waals surface area (Å²) in [5.41, 5.74) is 0.528. The third-order valence-electron chi connectivity index (χ3n) is 2.96. The van der Waals surface area contributed by atoms with Crippen LogP contribution in [0.1, 0.15) is 18.4 Å². The Labute approximate surface area is 115 Å². The van der Waals surface area contributed by atoms with E-state index >= 15 is 0 Å². The van der Waals surface area contributed by atoms with Gasteiger partial charge in [0.1, 0.15) is 5.82 Å². The molecule has 4 heteroatoms. The van der Waals surface area contributed by atoms with Crippen molar-refractivity contribution in [3.8, 4) is 0 Å². The van der Waals surface area contributed by atoms with E-state index in [0.717, 1.165) is 17.3 Å². The molecule has 96 valence electrons. The van der Waals surface area contributed by atoms with Crippen LogP contribution in [-0.2, 0) is 11.3 Å². The molecule has 1 saturated carbocycles. The Hall–Kier alpha value is -1.16. The van der Waals surface area contributed by atoms with Gasteiger partial charge in [-0.15, -0.1) is 6.58 Å². The van der Waals surface area contributed by atoms with Crippen LogP contribution in [0.2, 0.25) is 0 Å². The average molecular weight is 312 g/mol. The summed E-state index contributed by atoms with van der Waals surface area (Å²) >= 11 is 3.31. The van der Waals surface area contributed by atoms with Crippen molar-refractivity contribution in [2.75, 3.05) is 6.54 Å². The summed E-state index contributed by atoms with van der Waals surface area (Å²) in [4.78, 5) is 13.7. The highest BCUT2D eigenvalue weighted by Crippen LogP contribution is 2.31. The highest BCUT2D eigenvalue weighted by atomic mass is 79.9. The Morgan fingerprint density at radius 1 is 1.56 bits per heavy atom. The van der Waals surface area contributed by atoms with Crippen molar-refractivity contribution in [2.45, 2.75) is 19.4 Å². The van der Waals surface area contributed by atoms with Crippen LogP contribution in [0.5, 0.6) is 0 Å². The Morgan fingerprint density at radius 2 is 2.28 bits per heavy atom. The van der Waals surface area contributed by atoms with Gasteiger partial charge in [-0.05, 0) is 31.0 Å². The molecule has 0 saturated heterocycles. The number of halogens is 2. The van der Waals surface area contributed by atoms with Crippen molar-refractivity contribution in [1.29, 1.82) is 0 Å². The van der Waals surface area contributed by atoms with E-state index in [2.05, 4.69) is 22.5 Å². The van der Waals surface area contributed by atoms with Crippen molar-refractivity contribution in [3.63, 3.8) is 0 Å². The number of nitrogens with zero attached hydrogens (tertiary/aromatic N) is 1. The zero-order valence-corrected chi connectivity index (χ0v) is 11.6. The number of amides is 1. The Balaban J connectivity index is 2.14. The molecule has 1 aromatic rings. The molecule has 2 rings (SSSR count). The van der Waals surface area contributed by atoms with Crippen molar-refractivity contribution in [3.05, 3.63) is 46.7 Å². The highest BCUT2D eigenvalue weighted by Gasteiger charge is 2.33. The standard InChI is InChI=1S/C14H15BrFNO/c1-2-7-17(14(18)10-3-4-10)9-11-8-12(15)5-6-13(11)16/h2,5-6,8,10H,1,3-4,7,9H2. The van der Waals surface area contributed by atoms with Crippen LogP contribution in [-0.4, -0.2) is 17.4 Å². The predicted octanol–water partition coefficient (Wildman–Crippen LogP) is 3.51. The van der Waals surface area contributed by atoms with E-state index in [1.807, 2.05) is 0 Å². The fourth-order valence-electron chi connectivity index (χ4n) is 1.85. The van der Waals surface area contributed by atoms with Gasteiger partial charge in [0.25, 0.3) is 0 Å². The van der Waals surface area contributed by atoms with E-state index in [-0.39, 0.29) is 17.6 Å². The maximum absolute atomic E-state index is 13.7. The van der Waals surface area contributed by atoms with E-state index in [0.29, 0.717) is 18.7 Å². The van der Waals surface area contributed by atoms with Crippen molar-refractivity contribution in [2.24, 2.45) is 5.92 Å². The van der Waals surface area contributed by atoms with Crippen molar-refractivity contribution in [1.82, 2.24) is 4.90 Å². The fourth-order valence-corrected chi connectivity index (χ4v) is 2.26. The van der Waals surface area contributed by atoms with Gasteiger partial charge >= 0.3 is 0 Å². The molecular weight excluding hydrogens is 297 g/mol. The molecule has 0 aliphatic heterocycles. The lowest BCUT2D eigenvalue weighted by atomic mass is 10.2. The third-order valence-corrected chi connectivity index (χ3v) is 3.45. The molecule has 2 nitrogen and oxygen atoms in total. The van der Waals surface area contributed by atoms with Gasteiger partial charge in [0.2, 0.25) is 5.91 Å². The summed E-state index contributed by atoms with van der Waals surface area (Å²) in [6.45, 7) is 4.41. The molecule has 1 fully saturated rings. The number of hydrogen-bond acceptors (Lipinski definition) is 1. The van der Waals surface area contributed by atoms with Gasteiger partial charge in [0, 0.05) is 29.0 Å². The van der Waals surface area contributed by atoms with Crippen LogP contribution in [0.25, 0.3) is 0 Å². The Kier molecular flexibility index (Phi) is 4.17. The Morgan fingerprint density at radius 3 is 2.89 bits per heavy atom. The monoisotopic (exact) mass is 311 g/mol. The van der Waals surface area contributed by atoms with E-state index in [1.54, 1.807) is 23.1 Å². The zero-order chi connectivity index (χ0) is 13.1. The minimum absolute atomic E-state index is 0.106. The lowest BCUT2D eigenvalue weighted by molar-refractivity contribution is -0.132. The summed E-state index contributed by atoms with van der Waals surface area (Å²) in [6, 6.07) is 4.78. The number of benzene rings is 1. The molecule has 0 N–H and O–H groups in total. The summed E-state index contributed by atoms with van der Waals surface area (Å²) in [6.07, 6.45) is 3.58. The largest absolute Gasteiger partial charge is 0.334 e. The quantitative estimate of drug-likeness (QED) is 0.762. The van der Waals surface area contributed by atoms with Gasteiger partial charge < -0.3 is 4.90 Å². The molecule has 18 heavy (non-hydrogen) atoms. The van der Waals surface area contributed by atoms with Crippen LogP contribution < -0.4 is 0 Å². The van der Waals surface area contributed by atoms with Crippen LogP contribution in [0.15, 0.2) is 35.3 Å². The van der Waals surface area contributed by atoms with Crippen LogP contribution >= 0.6 is 15.9 Å². The lowest BCUT2D eigenvalue weighted by Gasteiger charge is -2.21. The molecular formula is C14H15BrFNO. The van der Waals surface area contributed by atoms with Gasteiger partial charge in [0.15, 0.2) is 0 Å². The van der Waals surface area contributed by atoms with Crippen LogP contribution in [0.4, 0.5) is 4.39 Å². The summed E-state index contributed by atoms with van der Waals surface area (Å²) in [5, 5.41) is 0. The third kappa shape index (κ3) is 3.19. The molecule has 1 amide bonds. The smallest absolute Gasteiger partial charge is 0.226 e. The summed E-state index contributed by atoms with van der Waals surface area (Å²) < 4.78 is 14.5. The van der Waals surface area contributed by atoms with E-state index < -0.39 is 0 Å². The first-order chi connectivity index (χ1) is 8.61. The van der Waals surface area contributed by atoms with Gasteiger partial charge in [-0.2, -0.15) is 0 Å². The second kappa shape index (κ2) is 5.65. The number of carbonyl (C=O) groups is 1. The van der Waals surface area contributed by atoms with E-state index in [1.165, 1.54) is 6.07 Å². The molecule has 1 aromatic carbocycles. The van der Waals surface area contributed by atoms with Gasteiger partial charge in [0.05, 0.1) is 0 Å². The normalized spacial score (nSPS) is 14.3. The number of hydrogen-bond donors (Lipinski definition) is 0. The topological polar surface area (TPSA) is 20.3 Å². The molecule has 0 radical (unpaired) electrons. The zero-order valence-electron chi connectivity index (χ0n) is 10.0. The lowest BCUT2D eigenvalue weighted by Crippen LogP contribution is -2.32. The van der Waals surface area contributed by atoms with Gasteiger partial charge in [-0.3, -0.25) is 4.79 Å². The Bertz CT molecular complexity index is 471. The van der Waals surface area contributed by atoms with Gasteiger partial charge in [-0.1, -0.05) is 22.0 Å². The first-order valence-corrected chi connectivity index (χ1v) is 6.74. The summed E-state index contributed by atoms with van der Waals surface area (Å²) in [7, 11) is 0. The van der Waals surface area contributed by atoms with Gasteiger partial charge in [-0.25, -0.2) is 4.39 Å². The molecule has 1 aliphatic rings. The predicted molar refractivity (Wildman–Crippen MR) is 72.4 cm³/mol. The molecule has 0 spiro atoms. The molecule has 1 aliphatic carbocycles. The second-order valence-electron chi connectivity index (χ2n) is 4.52. The molecule has 0 unspecified atom stereocenters. The molecule has 0 aromatic heterocycles. The fraction of sp³-hybridized carbons (Fsp3) is 0.357. The maximum Gasteiger partial charge on any atom is 0.226 e. The van der Waals surface area contributed by atoms with E-state index in [9.17, 15) is 9.18 Å². The maximum atomic E-state index is 13.7. The average Bonchev–Trinajstić information content (AvgIpc) is 3.16. The minimum Gasteiger partial charge on any atom is -0.334 e. The minimum atomic E-state index is -0.282. The first-order valence-electron chi connectivity index (χ1n) is 5.95. The van der Waals surface area contributed by atoms with Crippen molar-refractivity contribution >= 4 is 21.8 Å². The number of carbonyl (C=O) groups excluding carboxylic acids is 1. The van der Waals surface area contributed by atoms with Crippen LogP contribution in [0.3, 0.4) is 0 Å². The van der Waals surface area contributed by atoms with Crippen molar-refractivity contribution < 1.29 is 9.18 Å². The SMILES string of the molecule is C=CCN(Cc1cc(Br)ccc1F)C(=O)C1CC1. The molecule has 0 heterocycles. The van der Waals surface area contributed by atoms with E-state index in [4.69, 9.17) is 0 Å². The molecule has 0 bridgehead atoms. The second-order valence-corrected chi connectivity index (χ2v) is 5.43.